The Balaban J connectivity index is 1.61. The minimum atomic E-state index is -4.50. The molecule has 2 aromatic carbocycles. The van der Waals surface area contributed by atoms with Crippen LogP contribution in [-0.2, 0) is 17.5 Å². The lowest BCUT2D eigenvalue weighted by atomic mass is 10.0. The van der Waals surface area contributed by atoms with E-state index in [4.69, 9.17) is 9.47 Å². The summed E-state index contributed by atoms with van der Waals surface area (Å²) in [6.07, 6.45) is -3.63. The number of nitrogens with zero attached hydrogens (tertiary/aromatic N) is 3. The number of fused-ring (bicyclic) bond motifs is 2. The average Bonchev–Trinajstić information content (AvgIpc) is 3.41. The zero-order chi connectivity index (χ0) is 22.5. The molecule has 0 bridgehead atoms. The number of halogens is 3. The topological polar surface area (TPSA) is 75.9 Å². The number of aromatic nitrogens is 3. The summed E-state index contributed by atoms with van der Waals surface area (Å²) in [5.74, 6) is 0.864. The maximum Gasteiger partial charge on any atom is 0.416 e. The molecular weight excluding hydrogens is 421 g/mol. The highest BCUT2D eigenvalue weighted by Crippen LogP contribution is 2.40. The second-order valence-electron chi connectivity index (χ2n) is 7.42. The molecule has 0 radical (unpaired) electrons. The van der Waals surface area contributed by atoms with Crippen LogP contribution in [0.1, 0.15) is 28.6 Å². The van der Waals surface area contributed by atoms with Gasteiger partial charge >= 0.3 is 6.18 Å². The van der Waals surface area contributed by atoms with E-state index in [0.29, 0.717) is 35.1 Å². The van der Waals surface area contributed by atoms with Crippen LogP contribution in [0, 0.1) is 11.3 Å². The molecule has 0 spiro atoms. The van der Waals surface area contributed by atoms with Crippen molar-refractivity contribution in [3.8, 4) is 23.2 Å². The van der Waals surface area contributed by atoms with Crippen molar-refractivity contribution in [1.29, 1.82) is 5.26 Å². The Morgan fingerprint density at radius 2 is 2.06 bits per heavy atom. The summed E-state index contributed by atoms with van der Waals surface area (Å²) >= 11 is 0. The van der Waals surface area contributed by atoms with Crippen LogP contribution in [0.3, 0.4) is 0 Å². The fourth-order valence-corrected chi connectivity index (χ4v) is 4.13. The molecule has 162 valence electrons. The molecule has 5 rings (SSSR count). The van der Waals surface area contributed by atoms with Crippen LogP contribution in [0.5, 0.6) is 5.75 Å². The van der Waals surface area contributed by atoms with E-state index < -0.39 is 17.8 Å². The third-order valence-electron chi connectivity index (χ3n) is 5.56. The van der Waals surface area contributed by atoms with Crippen LogP contribution in [0.4, 0.5) is 13.2 Å². The highest BCUT2D eigenvalue weighted by molar-refractivity contribution is 5.92. The van der Waals surface area contributed by atoms with Gasteiger partial charge in [0.1, 0.15) is 29.4 Å². The number of methoxy groups -OCH3 is 1. The number of nitrogens with one attached hydrogen (secondary N) is 1. The number of benzene rings is 2. The van der Waals surface area contributed by atoms with Crippen molar-refractivity contribution < 1.29 is 22.6 Å². The van der Waals surface area contributed by atoms with Crippen LogP contribution in [0.25, 0.3) is 22.3 Å². The quantitative estimate of drug-likeness (QED) is 0.486. The number of H-pyrrole nitrogens is 1. The van der Waals surface area contributed by atoms with Crippen LogP contribution < -0.4 is 4.74 Å². The van der Waals surface area contributed by atoms with Crippen LogP contribution >= 0.6 is 0 Å². The summed E-state index contributed by atoms with van der Waals surface area (Å²) in [5.41, 5.74) is 1.70. The Morgan fingerprint density at radius 1 is 1.25 bits per heavy atom. The second-order valence-corrected chi connectivity index (χ2v) is 7.42. The van der Waals surface area contributed by atoms with Crippen molar-refractivity contribution in [3.05, 3.63) is 71.2 Å². The van der Waals surface area contributed by atoms with Gasteiger partial charge in [-0.3, -0.25) is 0 Å². The molecular formula is C23H17F3N4O2. The van der Waals surface area contributed by atoms with E-state index in [2.05, 4.69) is 16.0 Å². The van der Waals surface area contributed by atoms with Gasteiger partial charge in [0.05, 0.1) is 30.5 Å². The number of hydrogen-bond donors (Lipinski definition) is 1. The lowest BCUT2D eigenvalue weighted by Gasteiger charge is -2.26. The molecule has 0 fully saturated rings. The van der Waals surface area contributed by atoms with E-state index in [9.17, 15) is 18.4 Å². The molecule has 0 saturated heterocycles. The molecule has 0 unspecified atom stereocenters. The molecule has 32 heavy (non-hydrogen) atoms. The molecule has 1 atom stereocenters. The standard InChI is InChI=1S/C23H17F3N4O2/c1-31-20-13(11-27)6-7-17-15(20)10-18(28-17)19-12-30-8-9-32-21(22(30)29-19)14-4-2-3-5-16(14)23(24,25)26/h2-7,10,12,21,28H,8-9H2,1H3/t21-/m0/s1. The van der Waals surface area contributed by atoms with Crippen molar-refractivity contribution in [1.82, 2.24) is 14.5 Å². The first-order valence-corrected chi connectivity index (χ1v) is 9.85. The molecule has 6 nitrogen and oxygen atoms in total. The number of nitriles is 1. The Morgan fingerprint density at radius 3 is 2.81 bits per heavy atom. The van der Waals surface area contributed by atoms with Crippen LogP contribution in [0.15, 0.2) is 48.7 Å². The van der Waals surface area contributed by atoms with Crippen molar-refractivity contribution in [3.63, 3.8) is 0 Å². The zero-order valence-electron chi connectivity index (χ0n) is 16.9. The molecule has 1 aliphatic rings. The minimum Gasteiger partial charge on any atom is -0.495 e. The van der Waals surface area contributed by atoms with Gasteiger partial charge in [0.2, 0.25) is 0 Å². The molecule has 4 aromatic rings. The number of alkyl halides is 3. The van der Waals surface area contributed by atoms with Gasteiger partial charge in [-0.1, -0.05) is 18.2 Å². The zero-order valence-corrected chi connectivity index (χ0v) is 16.9. The Labute approximate surface area is 180 Å². The minimum absolute atomic E-state index is 0.0371. The SMILES string of the molecule is COc1c(C#N)ccc2[nH]c(-c3cn4c(n3)[C@H](c3ccccc3C(F)(F)F)OCC4)cc12. The molecule has 3 heterocycles. The average molecular weight is 438 g/mol. The number of aromatic amines is 1. The van der Waals surface area contributed by atoms with Gasteiger partial charge in [0.25, 0.3) is 0 Å². The Kier molecular flexibility index (Phi) is 4.68. The van der Waals surface area contributed by atoms with Gasteiger partial charge in [-0.05, 0) is 24.3 Å². The molecule has 2 aromatic heterocycles. The fourth-order valence-electron chi connectivity index (χ4n) is 4.13. The first-order valence-electron chi connectivity index (χ1n) is 9.85. The van der Waals surface area contributed by atoms with Crippen molar-refractivity contribution in [2.24, 2.45) is 0 Å². The summed E-state index contributed by atoms with van der Waals surface area (Å²) in [6.45, 7) is 0.751. The molecule has 1 aliphatic heterocycles. The van der Waals surface area contributed by atoms with Crippen LogP contribution in [-0.4, -0.2) is 28.3 Å². The number of imidazole rings is 1. The van der Waals surface area contributed by atoms with E-state index >= 15 is 0 Å². The van der Waals surface area contributed by atoms with Gasteiger partial charge in [-0.25, -0.2) is 4.98 Å². The summed E-state index contributed by atoms with van der Waals surface area (Å²) in [7, 11) is 1.50. The molecule has 0 saturated carbocycles. The first kappa shape index (κ1) is 20.2. The Bertz CT molecular complexity index is 1360. The summed E-state index contributed by atoms with van der Waals surface area (Å²) < 4.78 is 53.7. The van der Waals surface area contributed by atoms with Crippen molar-refractivity contribution in [2.45, 2.75) is 18.8 Å². The predicted molar refractivity (Wildman–Crippen MR) is 110 cm³/mol. The molecule has 1 N–H and O–H groups in total. The van der Waals surface area contributed by atoms with Gasteiger partial charge in [0.15, 0.2) is 0 Å². The third kappa shape index (κ3) is 3.20. The summed E-state index contributed by atoms with van der Waals surface area (Å²) in [5, 5.41) is 10.0. The van der Waals surface area contributed by atoms with Crippen LogP contribution in [0.2, 0.25) is 0 Å². The van der Waals surface area contributed by atoms with Gasteiger partial charge in [-0.2, -0.15) is 18.4 Å². The number of hydrogen-bond acceptors (Lipinski definition) is 4. The molecule has 0 amide bonds. The highest BCUT2D eigenvalue weighted by Gasteiger charge is 2.37. The van der Waals surface area contributed by atoms with Gasteiger partial charge < -0.3 is 19.0 Å². The lowest BCUT2D eigenvalue weighted by molar-refractivity contribution is -0.139. The molecule has 9 heteroatoms. The second kappa shape index (κ2) is 7.43. The smallest absolute Gasteiger partial charge is 0.416 e. The van der Waals surface area contributed by atoms with E-state index in [1.807, 2.05) is 10.6 Å². The number of ether oxygens (including phenoxy) is 2. The largest absolute Gasteiger partial charge is 0.495 e. The van der Waals surface area contributed by atoms with Crippen molar-refractivity contribution >= 4 is 10.9 Å². The van der Waals surface area contributed by atoms with E-state index in [1.165, 1.54) is 19.2 Å². The molecule has 0 aliphatic carbocycles. The normalized spacial score (nSPS) is 16.0. The lowest BCUT2D eigenvalue weighted by Crippen LogP contribution is -2.24. The maximum absolute atomic E-state index is 13.6. The first-order chi connectivity index (χ1) is 15.4. The summed E-state index contributed by atoms with van der Waals surface area (Å²) in [6, 6.07) is 12.8. The van der Waals surface area contributed by atoms with E-state index in [0.717, 1.165) is 17.0 Å². The van der Waals surface area contributed by atoms with Gasteiger partial charge in [-0.15, -0.1) is 0 Å². The highest BCUT2D eigenvalue weighted by atomic mass is 19.4. The van der Waals surface area contributed by atoms with E-state index in [1.54, 1.807) is 24.4 Å². The third-order valence-corrected chi connectivity index (χ3v) is 5.56. The Hall–Kier alpha value is -3.77. The monoisotopic (exact) mass is 438 g/mol. The predicted octanol–water partition coefficient (Wildman–Crippen LogP) is 5.05. The van der Waals surface area contributed by atoms with Gasteiger partial charge in [0, 0.05) is 29.2 Å². The van der Waals surface area contributed by atoms with Crippen molar-refractivity contribution in [2.75, 3.05) is 13.7 Å². The number of rotatable bonds is 3. The maximum atomic E-state index is 13.6. The van der Waals surface area contributed by atoms with E-state index in [-0.39, 0.29) is 12.2 Å². The summed E-state index contributed by atoms with van der Waals surface area (Å²) in [4.78, 5) is 7.88. The fraction of sp³-hybridized carbons (Fsp3) is 0.217.